The molecule has 0 aliphatic carbocycles. The molecule has 0 amide bonds. The molecule has 1 aliphatic heterocycles. The molecule has 0 spiro atoms. The minimum absolute atomic E-state index is 0.475. The highest BCUT2D eigenvalue weighted by atomic mass is 16.5. The number of methoxy groups -OCH3 is 1. The molecule has 24 heavy (non-hydrogen) atoms. The van der Waals surface area contributed by atoms with Gasteiger partial charge in [0.25, 0.3) is 0 Å². The van der Waals surface area contributed by atoms with Gasteiger partial charge in [0.1, 0.15) is 17.1 Å². The van der Waals surface area contributed by atoms with Crippen LogP contribution in [0.15, 0.2) is 47.7 Å². The number of hydrogen-bond donors (Lipinski definition) is 0. The van der Waals surface area contributed by atoms with Gasteiger partial charge >= 0.3 is 0 Å². The van der Waals surface area contributed by atoms with Gasteiger partial charge in [0.2, 0.25) is 5.82 Å². The van der Waals surface area contributed by atoms with Crippen LogP contribution in [0.25, 0.3) is 17.2 Å². The van der Waals surface area contributed by atoms with E-state index >= 15 is 0 Å². The molecule has 0 radical (unpaired) electrons. The van der Waals surface area contributed by atoms with E-state index in [0.717, 1.165) is 24.3 Å². The van der Waals surface area contributed by atoms with Crippen LogP contribution in [0.5, 0.6) is 5.75 Å². The zero-order chi connectivity index (χ0) is 16.4. The third-order valence-corrected chi connectivity index (χ3v) is 3.67. The van der Waals surface area contributed by atoms with Gasteiger partial charge in [-0.3, -0.25) is 9.99 Å². The monoisotopic (exact) mass is 321 g/mol. The molecule has 0 saturated carbocycles. The molecule has 4 rings (SSSR count). The Morgan fingerprint density at radius 1 is 1.17 bits per heavy atom. The Balaban J connectivity index is 1.67. The summed E-state index contributed by atoms with van der Waals surface area (Å²) < 4.78 is 5.49. The first-order valence-corrected chi connectivity index (χ1v) is 7.55. The second kappa shape index (κ2) is 6.07. The fourth-order valence-electron chi connectivity index (χ4n) is 2.50. The first-order chi connectivity index (χ1) is 11.8. The van der Waals surface area contributed by atoms with Crippen molar-refractivity contribution in [2.75, 3.05) is 18.7 Å². The van der Waals surface area contributed by atoms with E-state index in [1.165, 1.54) is 4.80 Å². The molecule has 3 aromatic rings. The SMILES string of the molecule is COc1cc(-n2nnc(-c3ccccn3)n2)ccc1N1CCC=N1. The van der Waals surface area contributed by atoms with Crippen LogP contribution in [0.3, 0.4) is 0 Å². The van der Waals surface area contributed by atoms with Crippen molar-refractivity contribution < 1.29 is 4.74 Å². The first kappa shape index (κ1) is 14.3. The smallest absolute Gasteiger partial charge is 0.223 e. The van der Waals surface area contributed by atoms with Crippen LogP contribution < -0.4 is 9.75 Å². The van der Waals surface area contributed by atoms with Crippen LogP contribution in [0.2, 0.25) is 0 Å². The van der Waals surface area contributed by atoms with Crippen molar-refractivity contribution >= 4 is 11.9 Å². The topological polar surface area (TPSA) is 81.3 Å². The van der Waals surface area contributed by atoms with Gasteiger partial charge in [-0.15, -0.1) is 15.0 Å². The van der Waals surface area contributed by atoms with Crippen LogP contribution in [0.1, 0.15) is 6.42 Å². The number of aromatic nitrogens is 5. The highest BCUT2D eigenvalue weighted by molar-refractivity contribution is 5.69. The number of rotatable bonds is 4. The Labute approximate surface area is 138 Å². The van der Waals surface area contributed by atoms with Gasteiger partial charge in [-0.25, -0.2) is 0 Å². The van der Waals surface area contributed by atoms with E-state index in [-0.39, 0.29) is 0 Å². The molecule has 0 atom stereocenters. The molecule has 8 nitrogen and oxygen atoms in total. The number of nitrogens with zero attached hydrogens (tertiary/aromatic N) is 7. The van der Waals surface area contributed by atoms with Crippen molar-refractivity contribution in [3.8, 4) is 23.0 Å². The number of tetrazole rings is 1. The summed E-state index contributed by atoms with van der Waals surface area (Å²) in [6, 6.07) is 11.3. The number of benzene rings is 1. The maximum absolute atomic E-state index is 5.49. The predicted octanol–water partition coefficient (Wildman–Crippen LogP) is 1.93. The predicted molar refractivity (Wildman–Crippen MR) is 89.4 cm³/mol. The molecule has 0 bridgehead atoms. The molecule has 0 unspecified atom stereocenters. The Bertz CT molecular complexity index is 875. The summed E-state index contributed by atoms with van der Waals surface area (Å²) in [7, 11) is 1.64. The fraction of sp³-hybridized carbons (Fsp3) is 0.188. The fourth-order valence-corrected chi connectivity index (χ4v) is 2.50. The van der Waals surface area contributed by atoms with E-state index in [0.29, 0.717) is 17.3 Å². The largest absolute Gasteiger partial charge is 0.494 e. The van der Waals surface area contributed by atoms with E-state index in [2.05, 4.69) is 25.5 Å². The van der Waals surface area contributed by atoms with E-state index < -0.39 is 0 Å². The van der Waals surface area contributed by atoms with Gasteiger partial charge in [0.05, 0.1) is 12.8 Å². The molecule has 2 aromatic heterocycles. The van der Waals surface area contributed by atoms with Gasteiger partial charge in [-0.1, -0.05) is 6.07 Å². The van der Waals surface area contributed by atoms with E-state index in [4.69, 9.17) is 4.74 Å². The summed E-state index contributed by atoms with van der Waals surface area (Å²) in [5.74, 6) is 1.19. The Morgan fingerprint density at radius 2 is 2.12 bits per heavy atom. The quantitative estimate of drug-likeness (QED) is 0.730. The summed E-state index contributed by atoms with van der Waals surface area (Å²) in [5, 5.41) is 18.8. The average molecular weight is 321 g/mol. The Kier molecular flexibility index (Phi) is 3.62. The lowest BCUT2D eigenvalue weighted by atomic mass is 10.2. The van der Waals surface area contributed by atoms with Gasteiger partial charge < -0.3 is 4.74 Å². The van der Waals surface area contributed by atoms with E-state index in [1.807, 2.05) is 47.6 Å². The third kappa shape index (κ3) is 2.58. The van der Waals surface area contributed by atoms with Crippen LogP contribution in [-0.4, -0.2) is 45.1 Å². The van der Waals surface area contributed by atoms with Crippen molar-refractivity contribution in [3.63, 3.8) is 0 Å². The van der Waals surface area contributed by atoms with Crippen molar-refractivity contribution in [2.45, 2.75) is 6.42 Å². The number of anilines is 1. The second-order valence-electron chi connectivity index (χ2n) is 5.18. The molecule has 3 heterocycles. The molecule has 0 fully saturated rings. The zero-order valence-corrected chi connectivity index (χ0v) is 13.1. The van der Waals surface area contributed by atoms with Crippen LogP contribution >= 0.6 is 0 Å². The molecule has 0 saturated heterocycles. The highest BCUT2D eigenvalue weighted by Crippen LogP contribution is 2.31. The number of pyridine rings is 1. The van der Waals surface area contributed by atoms with E-state index in [9.17, 15) is 0 Å². The van der Waals surface area contributed by atoms with Gasteiger partial charge in [0.15, 0.2) is 0 Å². The molecule has 1 aliphatic rings. The lowest BCUT2D eigenvalue weighted by Crippen LogP contribution is -2.13. The minimum Gasteiger partial charge on any atom is -0.494 e. The molecular weight excluding hydrogens is 306 g/mol. The summed E-state index contributed by atoms with van der Waals surface area (Å²) in [6.07, 6.45) is 4.53. The van der Waals surface area contributed by atoms with Crippen LogP contribution in [0.4, 0.5) is 5.69 Å². The van der Waals surface area contributed by atoms with Crippen molar-refractivity contribution in [3.05, 3.63) is 42.6 Å². The lowest BCUT2D eigenvalue weighted by molar-refractivity contribution is 0.414. The van der Waals surface area contributed by atoms with E-state index in [1.54, 1.807) is 13.3 Å². The van der Waals surface area contributed by atoms with Crippen LogP contribution in [-0.2, 0) is 0 Å². The first-order valence-electron chi connectivity index (χ1n) is 7.55. The summed E-state index contributed by atoms with van der Waals surface area (Å²) >= 11 is 0. The number of ether oxygens (including phenoxy) is 1. The van der Waals surface area contributed by atoms with Crippen molar-refractivity contribution in [2.24, 2.45) is 5.10 Å². The van der Waals surface area contributed by atoms with Crippen molar-refractivity contribution in [1.82, 2.24) is 25.2 Å². The maximum atomic E-state index is 5.49. The van der Waals surface area contributed by atoms with Crippen LogP contribution in [0, 0.1) is 0 Å². The maximum Gasteiger partial charge on any atom is 0.223 e. The highest BCUT2D eigenvalue weighted by Gasteiger charge is 2.16. The number of hydrogen-bond acceptors (Lipinski definition) is 7. The summed E-state index contributed by atoms with van der Waals surface area (Å²) in [6.45, 7) is 0.848. The van der Waals surface area contributed by atoms with Gasteiger partial charge in [0, 0.05) is 31.4 Å². The molecule has 8 heteroatoms. The molecular formula is C16H15N7O. The van der Waals surface area contributed by atoms with Gasteiger partial charge in [-0.05, 0) is 29.5 Å². The molecule has 120 valence electrons. The Hall–Kier alpha value is -3.29. The minimum atomic E-state index is 0.475. The normalized spacial score (nSPS) is 13.5. The lowest BCUT2D eigenvalue weighted by Gasteiger charge is -2.17. The number of hydrazone groups is 1. The Morgan fingerprint density at radius 3 is 2.88 bits per heavy atom. The average Bonchev–Trinajstić information content (AvgIpc) is 3.34. The molecule has 0 N–H and O–H groups in total. The summed E-state index contributed by atoms with van der Waals surface area (Å²) in [4.78, 5) is 5.69. The van der Waals surface area contributed by atoms with Gasteiger partial charge in [-0.2, -0.15) is 5.10 Å². The zero-order valence-electron chi connectivity index (χ0n) is 13.1. The standard InChI is InChI=1S/C16H15N7O/c1-24-15-11-12(6-7-14(15)22-10-4-9-18-22)23-20-16(19-21-23)13-5-2-3-8-17-13/h2-3,5-9,11H,4,10H2,1H3. The van der Waals surface area contributed by atoms with Crippen molar-refractivity contribution in [1.29, 1.82) is 0 Å². The third-order valence-electron chi connectivity index (χ3n) is 3.67. The molecule has 1 aromatic carbocycles. The summed E-state index contributed by atoms with van der Waals surface area (Å²) in [5.41, 5.74) is 2.35. The second-order valence-corrected chi connectivity index (χ2v) is 5.18.